The minimum absolute atomic E-state index is 1.08. The molecule has 440 valence electrons. The summed E-state index contributed by atoms with van der Waals surface area (Å²) in [6.45, 7) is 0. The summed E-state index contributed by atoms with van der Waals surface area (Å²) in [4.78, 5) is 7.29. The van der Waals surface area contributed by atoms with Gasteiger partial charge in [0.25, 0.3) is 0 Å². The average Bonchev–Trinajstić information content (AvgIpc) is 1.46. The fourth-order valence-corrected chi connectivity index (χ4v) is 14.7. The Morgan fingerprint density at radius 3 is 0.660 bits per heavy atom. The first-order valence-corrected chi connectivity index (χ1v) is 32.3. The zero-order chi connectivity index (χ0) is 62.1. The van der Waals surface area contributed by atoms with Gasteiger partial charge in [0, 0.05) is 65.8 Å². The van der Waals surface area contributed by atoms with Crippen molar-refractivity contribution in [1.29, 1.82) is 0 Å². The first-order chi connectivity index (χ1) is 46.6. The van der Waals surface area contributed by atoms with Crippen LogP contribution in [0.4, 0.5) is 51.2 Å². The minimum atomic E-state index is 1.08. The Balaban J connectivity index is 0.782. The largest absolute Gasteiger partial charge is 0.309 e. The lowest BCUT2D eigenvalue weighted by Crippen LogP contribution is -2.11. The Morgan fingerprint density at radius 2 is 0.394 bits per heavy atom. The summed E-state index contributed by atoms with van der Waals surface area (Å²) in [5.41, 5.74) is 18.0. The number of fused-ring (bicyclic) bond motifs is 9. The molecule has 0 N–H and O–H groups in total. The summed E-state index contributed by atoms with van der Waals surface area (Å²) >= 11 is 0. The number of hydrogen-bond donors (Lipinski definition) is 0. The van der Waals surface area contributed by atoms with Gasteiger partial charge in [0.2, 0.25) is 0 Å². The molecule has 4 nitrogen and oxygen atoms in total. The predicted molar refractivity (Wildman–Crippen MR) is 401 cm³/mol. The number of nitrogens with zero attached hydrogens (tertiary/aromatic N) is 4. The van der Waals surface area contributed by atoms with Crippen LogP contribution in [-0.2, 0) is 0 Å². The van der Waals surface area contributed by atoms with E-state index in [2.05, 4.69) is 383 Å². The van der Waals surface area contributed by atoms with Crippen LogP contribution in [0.25, 0.3) is 114 Å². The molecule has 0 radical (unpaired) electrons. The second-order valence-corrected chi connectivity index (χ2v) is 24.4. The van der Waals surface area contributed by atoms with Gasteiger partial charge in [0.15, 0.2) is 0 Å². The zero-order valence-electron chi connectivity index (χ0n) is 51.4. The molecule has 1 aromatic heterocycles. The molecule has 0 bridgehead atoms. The molecule has 1 heterocycles. The monoisotopic (exact) mass is 1200 g/mol. The van der Waals surface area contributed by atoms with E-state index in [9.17, 15) is 0 Å². The standard InChI is InChI=1S/C90H60N4/c1-7-31-75-63(19-1)25-13-37-83(75)91(84-38-14-26-64-20-2-8-32-76(64)84)71-49-43-61(44-50-71)69-47-57-89-81(59-69)82-60-70(62-45-51-72(52-46-62)92(85-39-15-27-65-21-3-9-33-77(65)85)86-40-16-28-66-22-4-10-34-78(66)86)48-58-90(82)94(89)74-55-53-73(54-56-74)93(87-41-17-29-67-23-5-11-35-79(67)87)88-42-18-30-68-24-6-12-36-80(68)88/h1-60H. The van der Waals surface area contributed by atoms with E-state index in [4.69, 9.17) is 0 Å². The second-order valence-electron chi connectivity index (χ2n) is 24.4. The summed E-state index contributed by atoms with van der Waals surface area (Å²) < 4.78 is 2.45. The Morgan fingerprint density at radius 1 is 0.170 bits per heavy atom. The highest BCUT2D eigenvalue weighted by atomic mass is 15.2. The van der Waals surface area contributed by atoms with E-state index in [1.54, 1.807) is 0 Å². The third kappa shape index (κ3) is 9.30. The van der Waals surface area contributed by atoms with Crippen molar-refractivity contribution in [2.24, 2.45) is 0 Å². The highest BCUT2D eigenvalue weighted by molar-refractivity contribution is 6.13. The van der Waals surface area contributed by atoms with Gasteiger partial charge in [-0.05, 0) is 164 Å². The number of aromatic nitrogens is 1. The van der Waals surface area contributed by atoms with Crippen molar-refractivity contribution in [2.75, 3.05) is 14.7 Å². The summed E-state index contributed by atoms with van der Waals surface area (Å²) in [7, 11) is 0. The van der Waals surface area contributed by atoms with E-state index in [1.165, 1.54) is 75.4 Å². The van der Waals surface area contributed by atoms with Crippen LogP contribution in [0.15, 0.2) is 364 Å². The lowest BCUT2D eigenvalue weighted by atomic mass is 9.99. The molecule has 0 fully saturated rings. The summed E-state index contributed by atoms with van der Waals surface area (Å²) in [5, 5.41) is 16.8. The van der Waals surface area contributed by atoms with Gasteiger partial charge >= 0.3 is 0 Å². The van der Waals surface area contributed by atoms with Crippen molar-refractivity contribution in [1.82, 2.24) is 4.57 Å². The number of rotatable bonds is 12. The van der Waals surface area contributed by atoms with Gasteiger partial charge < -0.3 is 19.3 Å². The highest BCUT2D eigenvalue weighted by Crippen LogP contribution is 2.47. The molecule has 0 saturated heterocycles. The maximum absolute atomic E-state index is 2.45. The van der Waals surface area contributed by atoms with Crippen LogP contribution in [0.1, 0.15) is 0 Å². The van der Waals surface area contributed by atoms with E-state index < -0.39 is 0 Å². The van der Waals surface area contributed by atoms with E-state index >= 15 is 0 Å². The van der Waals surface area contributed by atoms with Gasteiger partial charge in [0.05, 0.1) is 45.2 Å². The van der Waals surface area contributed by atoms with Crippen LogP contribution in [0.3, 0.4) is 0 Å². The second kappa shape index (κ2) is 22.8. The summed E-state index contributed by atoms with van der Waals surface area (Å²) in [6.07, 6.45) is 0. The Kier molecular flexibility index (Phi) is 13.2. The van der Waals surface area contributed by atoms with Crippen LogP contribution in [0.5, 0.6) is 0 Å². The number of hydrogen-bond acceptors (Lipinski definition) is 3. The van der Waals surface area contributed by atoms with Crippen LogP contribution >= 0.6 is 0 Å². The van der Waals surface area contributed by atoms with Crippen molar-refractivity contribution in [2.45, 2.75) is 0 Å². The third-order valence-corrected chi connectivity index (χ3v) is 19.1. The van der Waals surface area contributed by atoms with Gasteiger partial charge in [-0.15, -0.1) is 0 Å². The molecule has 17 aromatic carbocycles. The third-order valence-electron chi connectivity index (χ3n) is 19.1. The molecule has 94 heavy (non-hydrogen) atoms. The molecular weight excluding hydrogens is 1140 g/mol. The molecule has 0 saturated carbocycles. The predicted octanol–water partition coefficient (Wildman–Crippen LogP) is 25.4. The zero-order valence-corrected chi connectivity index (χ0v) is 51.4. The Hall–Kier alpha value is -12.5. The van der Waals surface area contributed by atoms with Crippen molar-refractivity contribution in [3.8, 4) is 27.9 Å². The van der Waals surface area contributed by atoms with Gasteiger partial charge in [-0.25, -0.2) is 0 Å². The fraction of sp³-hybridized carbons (Fsp3) is 0. The maximum atomic E-state index is 2.45. The van der Waals surface area contributed by atoms with E-state index in [0.29, 0.717) is 0 Å². The first-order valence-electron chi connectivity index (χ1n) is 32.3. The summed E-state index contributed by atoms with van der Waals surface area (Å²) in [6, 6.07) is 134. The van der Waals surface area contributed by atoms with Crippen molar-refractivity contribution < 1.29 is 0 Å². The van der Waals surface area contributed by atoms with Crippen LogP contribution in [-0.4, -0.2) is 4.57 Å². The molecule has 0 aliphatic heterocycles. The minimum Gasteiger partial charge on any atom is -0.309 e. The fourth-order valence-electron chi connectivity index (χ4n) is 14.7. The molecule has 0 aliphatic carbocycles. The quantitative estimate of drug-likeness (QED) is 0.121. The topological polar surface area (TPSA) is 14.7 Å². The van der Waals surface area contributed by atoms with Gasteiger partial charge in [-0.1, -0.05) is 255 Å². The van der Waals surface area contributed by atoms with Crippen LogP contribution in [0, 0.1) is 0 Å². The van der Waals surface area contributed by atoms with Gasteiger partial charge in [-0.2, -0.15) is 0 Å². The van der Waals surface area contributed by atoms with Gasteiger partial charge in [-0.3, -0.25) is 0 Å². The molecule has 0 amide bonds. The molecule has 18 aromatic rings. The summed E-state index contributed by atoms with van der Waals surface area (Å²) in [5.74, 6) is 0. The van der Waals surface area contributed by atoms with E-state index in [-0.39, 0.29) is 0 Å². The van der Waals surface area contributed by atoms with Crippen LogP contribution in [0.2, 0.25) is 0 Å². The molecule has 18 rings (SSSR count). The lowest BCUT2D eigenvalue weighted by molar-refractivity contribution is 1.17. The lowest BCUT2D eigenvalue weighted by Gasteiger charge is -2.28. The maximum Gasteiger partial charge on any atom is 0.0541 e. The van der Waals surface area contributed by atoms with Crippen molar-refractivity contribution >= 4 is 138 Å². The first kappa shape index (κ1) is 54.4. The number of anilines is 9. The molecule has 0 unspecified atom stereocenters. The molecular formula is C90H60N4. The molecule has 0 spiro atoms. The van der Waals surface area contributed by atoms with E-state index in [0.717, 1.165) is 90.2 Å². The Bertz CT molecular complexity index is 5410. The van der Waals surface area contributed by atoms with Crippen molar-refractivity contribution in [3.63, 3.8) is 0 Å². The van der Waals surface area contributed by atoms with Crippen LogP contribution < -0.4 is 14.7 Å². The molecule has 0 atom stereocenters. The molecule has 4 heteroatoms. The van der Waals surface area contributed by atoms with E-state index in [1.807, 2.05) is 0 Å². The van der Waals surface area contributed by atoms with Gasteiger partial charge in [0.1, 0.15) is 0 Å². The SMILES string of the molecule is c1ccc2c(N(c3ccc(-c4ccc5c(c4)c4cc(-c6ccc(N(c7cccc8ccccc78)c7cccc8ccccc78)cc6)ccc4n5-c4ccc(N(c5cccc6ccccc56)c5cccc6ccccc56)cc4)cc3)c3cccc4ccccc34)cccc2c1. The van der Waals surface area contributed by atoms with Crippen molar-refractivity contribution in [3.05, 3.63) is 364 Å². The Labute approximate surface area is 545 Å². The smallest absolute Gasteiger partial charge is 0.0541 e. The normalized spacial score (nSPS) is 11.6. The average molecular weight is 1200 g/mol. The highest BCUT2D eigenvalue weighted by Gasteiger charge is 2.23. The molecule has 0 aliphatic rings. The number of benzene rings is 17.